The van der Waals surface area contributed by atoms with Crippen LogP contribution in [-0.4, -0.2) is 11.2 Å². The minimum atomic E-state index is -0.360. The van der Waals surface area contributed by atoms with Crippen LogP contribution in [0.1, 0.15) is 12.8 Å². The molecule has 0 fully saturated rings. The van der Waals surface area contributed by atoms with E-state index in [9.17, 15) is 0 Å². The van der Waals surface area contributed by atoms with Crippen molar-refractivity contribution < 1.29 is 5.11 Å². The summed E-state index contributed by atoms with van der Waals surface area (Å²) in [5, 5.41) is 9.41. The van der Waals surface area contributed by atoms with Crippen molar-refractivity contribution in [3.63, 3.8) is 0 Å². The molecule has 1 nitrogen and oxygen atoms in total. The summed E-state index contributed by atoms with van der Waals surface area (Å²) in [4.78, 5) is 0. The van der Waals surface area contributed by atoms with Gasteiger partial charge in [-0.25, -0.2) is 0 Å². The Morgan fingerprint density at radius 3 is 2.71 bits per heavy atom. The molecule has 7 heavy (non-hydrogen) atoms. The summed E-state index contributed by atoms with van der Waals surface area (Å²) in [7, 11) is 0. The Morgan fingerprint density at radius 1 is 1.86 bits per heavy atom. The number of hydrogen-bond acceptors (Lipinski definition) is 1. The van der Waals surface area contributed by atoms with E-state index in [-0.39, 0.29) is 6.10 Å². The summed E-state index contributed by atoms with van der Waals surface area (Å²) in [6.45, 7) is 0. The second-order valence-electron chi connectivity index (χ2n) is 1.68. The van der Waals surface area contributed by atoms with Crippen LogP contribution in [0.25, 0.3) is 0 Å². The summed E-state index contributed by atoms with van der Waals surface area (Å²) >= 11 is 5.47. The van der Waals surface area contributed by atoms with Gasteiger partial charge < -0.3 is 5.11 Å². The molecule has 0 saturated carbocycles. The van der Waals surface area contributed by atoms with Gasteiger partial charge in [0.15, 0.2) is 0 Å². The van der Waals surface area contributed by atoms with E-state index in [1.165, 1.54) is 0 Å². The van der Waals surface area contributed by atoms with Crippen LogP contribution in [0.3, 0.4) is 0 Å². The lowest BCUT2D eigenvalue weighted by Crippen LogP contribution is -1.98. The number of halogens is 1. The molecule has 1 aliphatic carbocycles. The lowest BCUT2D eigenvalue weighted by atomic mass is 10.3. The highest BCUT2D eigenvalue weighted by Gasteiger charge is 2.12. The molecule has 0 bridgehead atoms. The lowest BCUT2D eigenvalue weighted by molar-refractivity contribution is 0.219. The molecule has 1 atom stereocenters. The van der Waals surface area contributed by atoms with Crippen molar-refractivity contribution in [3.05, 3.63) is 11.1 Å². The molecular weight excluding hydrogens is 112 g/mol. The molecule has 1 aliphatic rings. The third kappa shape index (κ3) is 0.956. The summed E-state index contributed by atoms with van der Waals surface area (Å²) in [6, 6.07) is 0. The molecular formula is C5H7ClO. The van der Waals surface area contributed by atoms with Crippen molar-refractivity contribution >= 4 is 11.6 Å². The minimum Gasteiger partial charge on any atom is -0.388 e. The predicted octanol–water partition coefficient (Wildman–Crippen LogP) is 1.26. The van der Waals surface area contributed by atoms with Crippen LogP contribution in [0.15, 0.2) is 11.1 Å². The van der Waals surface area contributed by atoms with Gasteiger partial charge in [0.2, 0.25) is 0 Å². The van der Waals surface area contributed by atoms with E-state index in [0.29, 0.717) is 5.03 Å². The van der Waals surface area contributed by atoms with Gasteiger partial charge in [-0.1, -0.05) is 17.7 Å². The third-order valence-electron chi connectivity index (χ3n) is 1.10. The molecule has 0 amide bonds. The first-order valence-corrected chi connectivity index (χ1v) is 2.72. The Balaban J connectivity index is 2.54. The molecule has 0 radical (unpaired) electrons. The van der Waals surface area contributed by atoms with Gasteiger partial charge in [0.05, 0.1) is 6.10 Å². The zero-order chi connectivity index (χ0) is 5.28. The topological polar surface area (TPSA) is 20.2 Å². The van der Waals surface area contributed by atoms with Crippen molar-refractivity contribution in [1.29, 1.82) is 0 Å². The van der Waals surface area contributed by atoms with E-state index >= 15 is 0 Å². The van der Waals surface area contributed by atoms with Crippen molar-refractivity contribution in [3.8, 4) is 0 Å². The van der Waals surface area contributed by atoms with Gasteiger partial charge in [-0.15, -0.1) is 0 Å². The number of allylic oxidation sites excluding steroid dienone is 1. The molecule has 0 heterocycles. The maximum Gasteiger partial charge on any atom is 0.0895 e. The average molecular weight is 119 g/mol. The smallest absolute Gasteiger partial charge is 0.0895 e. The normalized spacial score (nSPS) is 30.6. The third-order valence-corrected chi connectivity index (χ3v) is 1.50. The zero-order valence-electron chi connectivity index (χ0n) is 3.89. The fourth-order valence-corrected chi connectivity index (χ4v) is 0.871. The molecule has 0 aliphatic heterocycles. The molecule has 0 aromatic heterocycles. The van der Waals surface area contributed by atoms with Gasteiger partial charge in [-0.2, -0.15) is 0 Å². The largest absolute Gasteiger partial charge is 0.388 e. The van der Waals surface area contributed by atoms with Crippen LogP contribution in [0.5, 0.6) is 0 Å². The first kappa shape index (κ1) is 5.13. The van der Waals surface area contributed by atoms with Gasteiger partial charge in [-0.05, 0) is 12.8 Å². The summed E-state index contributed by atoms with van der Waals surface area (Å²) in [5.41, 5.74) is 0. The Morgan fingerprint density at radius 2 is 2.57 bits per heavy atom. The monoisotopic (exact) mass is 118 g/mol. The average Bonchev–Trinajstić information content (AvgIpc) is 1.91. The first-order valence-electron chi connectivity index (χ1n) is 2.34. The van der Waals surface area contributed by atoms with Crippen molar-refractivity contribution in [2.24, 2.45) is 0 Å². The van der Waals surface area contributed by atoms with Crippen LogP contribution in [0, 0.1) is 0 Å². The van der Waals surface area contributed by atoms with Crippen LogP contribution in [0.4, 0.5) is 0 Å². The van der Waals surface area contributed by atoms with E-state index in [4.69, 9.17) is 16.7 Å². The number of rotatable bonds is 0. The minimum absolute atomic E-state index is 0.360. The molecule has 2 heteroatoms. The summed E-state index contributed by atoms with van der Waals surface area (Å²) < 4.78 is 0. The SMILES string of the molecule is O[C@@H]1CCC=C1Cl. The van der Waals surface area contributed by atoms with E-state index in [1.807, 2.05) is 6.08 Å². The second-order valence-corrected chi connectivity index (χ2v) is 2.12. The maximum absolute atomic E-state index is 8.80. The van der Waals surface area contributed by atoms with Crippen molar-refractivity contribution in [2.75, 3.05) is 0 Å². The van der Waals surface area contributed by atoms with E-state index in [0.717, 1.165) is 12.8 Å². The highest BCUT2D eigenvalue weighted by Crippen LogP contribution is 2.20. The molecule has 0 aromatic carbocycles. The molecule has 0 unspecified atom stereocenters. The highest BCUT2D eigenvalue weighted by molar-refractivity contribution is 6.30. The second kappa shape index (κ2) is 1.85. The zero-order valence-corrected chi connectivity index (χ0v) is 4.65. The quantitative estimate of drug-likeness (QED) is 0.508. The number of aliphatic hydroxyl groups excluding tert-OH is 1. The Bertz CT molecular complexity index is 98.3. The molecule has 40 valence electrons. The van der Waals surface area contributed by atoms with Gasteiger partial charge in [0, 0.05) is 5.03 Å². The van der Waals surface area contributed by atoms with Crippen LogP contribution in [0.2, 0.25) is 0 Å². The van der Waals surface area contributed by atoms with Gasteiger partial charge in [0.1, 0.15) is 0 Å². The van der Waals surface area contributed by atoms with E-state index < -0.39 is 0 Å². The van der Waals surface area contributed by atoms with Crippen LogP contribution in [-0.2, 0) is 0 Å². The summed E-state index contributed by atoms with van der Waals surface area (Å²) in [6.07, 6.45) is 3.23. The molecule has 0 aromatic rings. The van der Waals surface area contributed by atoms with Crippen molar-refractivity contribution in [1.82, 2.24) is 0 Å². The fraction of sp³-hybridized carbons (Fsp3) is 0.600. The molecule has 0 spiro atoms. The van der Waals surface area contributed by atoms with Crippen LogP contribution < -0.4 is 0 Å². The summed E-state index contributed by atoms with van der Waals surface area (Å²) in [5.74, 6) is 0. The van der Waals surface area contributed by atoms with Gasteiger partial charge in [0.25, 0.3) is 0 Å². The van der Waals surface area contributed by atoms with E-state index in [2.05, 4.69) is 0 Å². The predicted molar refractivity (Wildman–Crippen MR) is 29.2 cm³/mol. The first-order chi connectivity index (χ1) is 3.30. The standard InChI is InChI=1S/C5H7ClO/c6-4-2-1-3-5(4)7/h2,5,7H,1,3H2/t5-/m1/s1. The fourth-order valence-electron chi connectivity index (χ4n) is 0.653. The lowest BCUT2D eigenvalue weighted by Gasteiger charge is -1.95. The number of hydrogen-bond donors (Lipinski definition) is 1. The van der Waals surface area contributed by atoms with Crippen molar-refractivity contribution in [2.45, 2.75) is 18.9 Å². The molecule has 0 saturated heterocycles. The van der Waals surface area contributed by atoms with Gasteiger partial charge >= 0.3 is 0 Å². The van der Waals surface area contributed by atoms with Gasteiger partial charge in [-0.3, -0.25) is 0 Å². The number of aliphatic hydroxyl groups is 1. The van der Waals surface area contributed by atoms with E-state index in [1.54, 1.807) is 0 Å². The Labute approximate surface area is 47.6 Å². The van der Waals surface area contributed by atoms with Crippen LogP contribution >= 0.6 is 11.6 Å². The highest BCUT2D eigenvalue weighted by atomic mass is 35.5. The Hall–Kier alpha value is -0.0100. The molecule has 1 rings (SSSR count). The Kier molecular flexibility index (Phi) is 1.35. The maximum atomic E-state index is 8.80. The molecule has 1 N–H and O–H groups in total.